The molecule has 9 heteroatoms. The molecule has 1 unspecified atom stereocenters. The Balaban J connectivity index is 1.76. The molecule has 168 valence electrons. The zero-order valence-corrected chi connectivity index (χ0v) is 19.3. The van der Waals surface area contributed by atoms with E-state index >= 15 is 0 Å². The van der Waals surface area contributed by atoms with E-state index in [-0.39, 0.29) is 11.3 Å². The molecule has 1 N–H and O–H groups in total. The Morgan fingerprint density at radius 1 is 0.969 bits per heavy atom. The summed E-state index contributed by atoms with van der Waals surface area (Å²) in [6.45, 7) is 3.62. The number of ketones is 1. The van der Waals surface area contributed by atoms with E-state index in [9.17, 15) is 14.7 Å². The van der Waals surface area contributed by atoms with Crippen LogP contribution in [0.2, 0.25) is 15.1 Å². The number of hydrogen-bond donors (Lipinski definition) is 1. The average Bonchev–Trinajstić information content (AvgIpc) is 3.03. The summed E-state index contributed by atoms with van der Waals surface area (Å²) in [5.41, 5.74) is 0.895. The Morgan fingerprint density at radius 2 is 1.62 bits per heavy atom. The topological polar surface area (TPSA) is 70.1 Å². The molecule has 2 aliphatic heterocycles. The molecule has 2 heterocycles. The second-order valence-electron chi connectivity index (χ2n) is 7.62. The monoisotopic (exact) mass is 494 g/mol. The van der Waals surface area contributed by atoms with Crippen molar-refractivity contribution < 1.29 is 19.4 Å². The minimum Gasteiger partial charge on any atom is -0.507 e. The van der Waals surface area contributed by atoms with Crippen LogP contribution in [0.3, 0.4) is 0 Å². The minimum atomic E-state index is -0.837. The lowest BCUT2D eigenvalue weighted by Crippen LogP contribution is -2.42. The number of aliphatic hydroxyl groups excluding tert-OH is 1. The summed E-state index contributed by atoms with van der Waals surface area (Å²) in [5.74, 6) is -1.70. The van der Waals surface area contributed by atoms with Crippen LogP contribution in [-0.4, -0.2) is 66.0 Å². The van der Waals surface area contributed by atoms with Gasteiger partial charge in [-0.3, -0.25) is 14.5 Å². The number of morpholine rings is 1. The van der Waals surface area contributed by atoms with E-state index in [0.29, 0.717) is 52.5 Å². The summed E-state index contributed by atoms with van der Waals surface area (Å²) in [4.78, 5) is 29.7. The second-order valence-corrected chi connectivity index (χ2v) is 8.90. The number of rotatable bonds is 5. The maximum atomic E-state index is 13.1. The SMILES string of the molecule is O=C1C(=O)N(CCN2CCOCC2)C(c2ccc(Cl)cc2Cl)C1=C(O)c1ccc(Cl)cc1. The summed E-state index contributed by atoms with van der Waals surface area (Å²) >= 11 is 18.5. The number of aliphatic hydroxyl groups is 1. The second kappa shape index (κ2) is 9.81. The highest BCUT2D eigenvalue weighted by molar-refractivity contribution is 6.47. The van der Waals surface area contributed by atoms with Gasteiger partial charge in [0.2, 0.25) is 0 Å². The molecule has 32 heavy (non-hydrogen) atoms. The van der Waals surface area contributed by atoms with Crippen LogP contribution in [0, 0.1) is 0 Å². The number of Topliss-reactive ketones (excluding diaryl/α,β-unsaturated/α-hetero) is 1. The highest BCUT2D eigenvalue weighted by atomic mass is 35.5. The first-order valence-corrected chi connectivity index (χ1v) is 11.3. The molecule has 0 aromatic heterocycles. The van der Waals surface area contributed by atoms with Gasteiger partial charge in [0.05, 0.1) is 24.8 Å². The van der Waals surface area contributed by atoms with Crippen molar-refractivity contribution in [2.45, 2.75) is 6.04 Å². The van der Waals surface area contributed by atoms with Crippen LogP contribution in [0.25, 0.3) is 5.76 Å². The van der Waals surface area contributed by atoms with E-state index in [1.807, 2.05) is 0 Å². The Hall–Kier alpha value is -2.09. The lowest BCUT2D eigenvalue weighted by molar-refractivity contribution is -0.140. The predicted molar refractivity (Wildman–Crippen MR) is 124 cm³/mol. The molecule has 4 rings (SSSR count). The first-order valence-electron chi connectivity index (χ1n) is 10.2. The molecule has 0 bridgehead atoms. The molecular formula is C23H21Cl3N2O4. The first kappa shape index (κ1) is 23.1. The van der Waals surface area contributed by atoms with E-state index < -0.39 is 17.7 Å². The fraction of sp³-hybridized carbons (Fsp3) is 0.304. The van der Waals surface area contributed by atoms with Gasteiger partial charge in [0, 0.05) is 46.8 Å². The molecule has 2 aromatic rings. The number of hydrogen-bond acceptors (Lipinski definition) is 5. The van der Waals surface area contributed by atoms with Crippen LogP contribution in [0.4, 0.5) is 0 Å². The first-order chi connectivity index (χ1) is 15.4. The third-order valence-electron chi connectivity index (χ3n) is 5.68. The number of nitrogens with zero attached hydrogens (tertiary/aromatic N) is 2. The Morgan fingerprint density at radius 3 is 2.28 bits per heavy atom. The number of benzene rings is 2. The van der Waals surface area contributed by atoms with Gasteiger partial charge in [0.25, 0.3) is 11.7 Å². The van der Waals surface area contributed by atoms with Gasteiger partial charge < -0.3 is 14.7 Å². The molecule has 0 spiro atoms. The molecule has 0 aliphatic carbocycles. The lowest BCUT2D eigenvalue weighted by atomic mass is 9.95. The van der Waals surface area contributed by atoms with E-state index in [1.165, 1.54) is 4.90 Å². The summed E-state index contributed by atoms with van der Waals surface area (Å²) < 4.78 is 5.38. The third-order valence-corrected chi connectivity index (χ3v) is 6.49. The molecule has 2 fully saturated rings. The van der Waals surface area contributed by atoms with E-state index in [4.69, 9.17) is 39.5 Å². The molecule has 1 atom stereocenters. The van der Waals surface area contributed by atoms with Gasteiger partial charge in [0.1, 0.15) is 5.76 Å². The van der Waals surface area contributed by atoms with Crippen LogP contribution < -0.4 is 0 Å². The number of carbonyl (C=O) groups excluding carboxylic acids is 2. The van der Waals surface area contributed by atoms with Crippen LogP contribution in [0.1, 0.15) is 17.2 Å². The van der Waals surface area contributed by atoms with Crippen molar-refractivity contribution in [3.8, 4) is 0 Å². The van der Waals surface area contributed by atoms with Crippen molar-refractivity contribution in [1.29, 1.82) is 0 Å². The van der Waals surface area contributed by atoms with Crippen molar-refractivity contribution in [3.63, 3.8) is 0 Å². The van der Waals surface area contributed by atoms with Crippen molar-refractivity contribution in [2.24, 2.45) is 0 Å². The van der Waals surface area contributed by atoms with Gasteiger partial charge in [-0.1, -0.05) is 40.9 Å². The fourth-order valence-corrected chi connectivity index (χ4v) is 4.63. The summed E-state index contributed by atoms with van der Waals surface area (Å²) in [6, 6.07) is 10.5. The van der Waals surface area contributed by atoms with Crippen LogP contribution in [0.15, 0.2) is 48.0 Å². The molecule has 6 nitrogen and oxygen atoms in total. The average molecular weight is 496 g/mol. The van der Waals surface area contributed by atoms with Gasteiger partial charge in [0.15, 0.2) is 0 Å². The zero-order chi connectivity index (χ0) is 22.8. The van der Waals surface area contributed by atoms with Crippen LogP contribution in [-0.2, 0) is 14.3 Å². The zero-order valence-electron chi connectivity index (χ0n) is 17.1. The predicted octanol–water partition coefficient (Wildman–Crippen LogP) is 4.40. The number of carbonyl (C=O) groups is 2. The van der Waals surface area contributed by atoms with Crippen molar-refractivity contribution >= 4 is 52.3 Å². The molecule has 2 saturated heterocycles. The standard InChI is InChI=1S/C23H21Cl3N2O4/c24-15-3-1-14(2-4-15)21(29)19-20(17-6-5-16(25)13-18(17)26)28(23(31)22(19)30)8-7-27-9-11-32-12-10-27/h1-6,13,20,29H,7-12H2. The number of halogens is 3. The summed E-state index contributed by atoms with van der Waals surface area (Å²) in [6.07, 6.45) is 0. The molecule has 0 saturated carbocycles. The Bertz CT molecular complexity index is 1070. The van der Waals surface area contributed by atoms with Crippen LogP contribution in [0.5, 0.6) is 0 Å². The lowest BCUT2D eigenvalue weighted by Gasteiger charge is -2.31. The molecule has 2 aromatic carbocycles. The quantitative estimate of drug-likeness (QED) is 0.378. The Kier molecular flexibility index (Phi) is 7.08. The number of amides is 1. The van der Waals surface area contributed by atoms with Crippen LogP contribution >= 0.6 is 34.8 Å². The number of ether oxygens (including phenoxy) is 1. The van der Waals surface area contributed by atoms with Gasteiger partial charge in [-0.15, -0.1) is 0 Å². The smallest absolute Gasteiger partial charge is 0.295 e. The van der Waals surface area contributed by atoms with Gasteiger partial charge in [-0.25, -0.2) is 0 Å². The van der Waals surface area contributed by atoms with Crippen molar-refractivity contribution in [3.05, 3.63) is 74.2 Å². The third kappa shape index (κ3) is 4.65. The Labute approximate surface area is 200 Å². The van der Waals surface area contributed by atoms with Gasteiger partial charge in [-0.05, 0) is 42.0 Å². The van der Waals surface area contributed by atoms with Crippen molar-refractivity contribution in [1.82, 2.24) is 9.80 Å². The highest BCUT2D eigenvalue weighted by Crippen LogP contribution is 2.42. The minimum absolute atomic E-state index is 0.0106. The highest BCUT2D eigenvalue weighted by Gasteiger charge is 2.46. The maximum Gasteiger partial charge on any atom is 0.295 e. The van der Waals surface area contributed by atoms with E-state index in [2.05, 4.69) is 4.90 Å². The summed E-state index contributed by atoms with van der Waals surface area (Å²) in [5, 5.41) is 12.3. The fourth-order valence-electron chi connectivity index (χ4n) is 3.99. The van der Waals surface area contributed by atoms with E-state index in [1.54, 1.807) is 42.5 Å². The van der Waals surface area contributed by atoms with E-state index in [0.717, 1.165) is 13.1 Å². The largest absolute Gasteiger partial charge is 0.507 e. The molecule has 1 amide bonds. The molecular weight excluding hydrogens is 475 g/mol. The molecule has 0 radical (unpaired) electrons. The van der Waals surface area contributed by atoms with Gasteiger partial charge in [-0.2, -0.15) is 0 Å². The van der Waals surface area contributed by atoms with Crippen molar-refractivity contribution in [2.75, 3.05) is 39.4 Å². The maximum absolute atomic E-state index is 13.1. The van der Waals surface area contributed by atoms with Gasteiger partial charge >= 0.3 is 0 Å². The number of likely N-dealkylation sites (tertiary alicyclic amines) is 1. The summed E-state index contributed by atoms with van der Waals surface area (Å²) in [7, 11) is 0. The molecule has 2 aliphatic rings. The normalized spacial score (nSPS) is 21.3.